The number of methoxy groups -OCH3 is 1. The van der Waals surface area contributed by atoms with Gasteiger partial charge in [0.15, 0.2) is 0 Å². The molecule has 0 radical (unpaired) electrons. The lowest BCUT2D eigenvalue weighted by Crippen LogP contribution is -2.07. The van der Waals surface area contributed by atoms with E-state index in [0.717, 1.165) is 12.1 Å². The van der Waals surface area contributed by atoms with Crippen molar-refractivity contribution in [3.63, 3.8) is 0 Å². The number of anilines is 2. The topological polar surface area (TPSA) is 34.1 Å². The number of hydrogen-bond donors (Lipinski definition) is 1. The molecule has 0 aliphatic heterocycles. The highest BCUT2D eigenvalue weighted by Crippen LogP contribution is 2.33. The summed E-state index contributed by atoms with van der Waals surface area (Å²) in [6, 6.07) is 8.47. The monoisotopic (exact) mass is 302 g/mol. The van der Waals surface area contributed by atoms with Gasteiger partial charge in [-0.3, -0.25) is 0 Å². The van der Waals surface area contributed by atoms with Crippen LogP contribution in [0, 0.1) is 0 Å². The molecule has 0 saturated heterocycles. The van der Waals surface area contributed by atoms with Crippen LogP contribution in [0.5, 0.6) is 5.75 Å². The van der Waals surface area contributed by atoms with Crippen LogP contribution in [0.15, 0.2) is 36.4 Å². The van der Waals surface area contributed by atoms with Crippen molar-refractivity contribution in [2.24, 2.45) is 0 Å². The van der Waals surface area contributed by atoms with E-state index >= 15 is 0 Å². The molecule has 2 rings (SSSR count). The molecule has 0 amide bonds. The minimum Gasteiger partial charge on any atom is -0.495 e. The highest BCUT2D eigenvalue weighted by Gasteiger charge is 2.31. The van der Waals surface area contributed by atoms with Gasteiger partial charge in [-0.2, -0.15) is 13.2 Å². The van der Waals surface area contributed by atoms with Gasteiger partial charge in [0.2, 0.25) is 0 Å². The van der Waals surface area contributed by atoms with Crippen molar-refractivity contribution in [3.8, 4) is 5.75 Å². The summed E-state index contributed by atoms with van der Waals surface area (Å²) in [5.41, 5.74) is -0.368. The fraction of sp³-hybridized carbons (Fsp3) is 0.154. The molecule has 1 heterocycles. The minimum absolute atomic E-state index is 0.00525. The summed E-state index contributed by atoms with van der Waals surface area (Å²) in [6.45, 7) is 0. The maximum Gasteiger partial charge on any atom is 0.416 e. The fourth-order valence-electron chi connectivity index (χ4n) is 1.61. The van der Waals surface area contributed by atoms with Crippen LogP contribution in [-0.2, 0) is 6.18 Å². The predicted octanol–water partition coefficient (Wildman–Crippen LogP) is 4.51. The van der Waals surface area contributed by atoms with E-state index in [9.17, 15) is 13.2 Å². The second-order valence-corrected chi connectivity index (χ2v) is 4.27. The Labute approximate surface area is 118 Å². The van der Waals surface area contributed by atoms with E-state index in [1.165, 1.54) is 7.11 Å². The molecule has 1 aromatic carbocycles. The van der Waals surface area contributed by atoms with Crippen molar-refractivity contribution in [1.29, 1.82) is 0 Å². The number of rotatable bonds is 3. The number of halogens is 4. The van der Waals surface area contributed by atoms with Crippen molar-refractivity contribution < 1.29 is 17.9 Å². The maximum atomic E-state index is 12.7. The number of para-hydroxylation sites is 2. The van der Waals surface area contributed by atoms with E-state index in [2.05, 4.69) is 10.3 Å². The smallest absolute Gasteiger partial charge is 0.416 e. The van der Waals surface area contributed by atoms with E-state index in [-0.39, 0.29) is 11.0 Å². The second kappa shape index (κ2) is 5.58. The number of benzene rings is 1. The molecule has 0 aliphatic carbocycles. The third-order valence-corrected chi connectivity index (χ3v) is 2.68. The Morgan fingerprint density at radius 2 is 1.90 bits per heavy atom. The molecule has 7 heteroatoms. The normalized spacial score (nSPS) is 11.2. The Morgan fingerprint density at radius 3 is 2.55 bits per heavy atom. The Kier molecular flexibility index (Phi) is 4.04. The highest BCUT2D eigenvalue weighted by molar-refractivity contribution is 6.29. The van der Waals surface area contributed by atoms with E-state index in [0.29, 0.717) is 11.4 Å². The van der Waals surface area contributed by atoms with Crippen LogP contribution in [0.1, 0.15) is 5.56 Å². The number of nitrogens with one attached hydrogen (secondary N) is 1. The third kappa shape index (κ3) is 3.33. The Hall–Kier alpha value is -1.95. The van der Waals surface area contributed by atoms with Gasteiger partial charge in [0.1, 0.15) is 16.7 Å². The van der Waals surface area contributed by atoms with Crippen LogP contribution >= 0.6 is 11.6 Å². The Morgan fingerprint density at radius 1 is 1.20 bits per heavy atom. The first-order chi connectivity index (χ1) is 9.40. The van der Waals surface area contributed by atoms with Crippen LogP contribution in [-0.4, -0.2) is 12.1 Å². The summed E-state index contributed by atoms with van der Waals surface area (Å²) in [7, 11) is 1.47. The summed E-state index contributed by atoms with van der Waals surface area (Å²) in [6.07, 6.45) is -4.48. The summed E-state index contributed by atoms with van der Waals surface area (Å²) >= 11 is 5.61. The molecule has 1 N–H and O–H groups in total. The molecule has 0 fully saturated rings. The first kappa shape index (κ1) is 14.5. The summed E-state index contributed by atoms with van der Waals surface area (Å²) in [5, 5.41) is 2.52. The van der Waals surface area contributed by atoms with Gasteiger partial charge in [0.25, 0.3) is 0 Å². The number of ether oxygens (including phenoxy) is 1. The molecule has 0 saturated carbocycles. The second-order valence-electron chi connectivity index (χ2n) is 3.89. The molecular formula is C13H10ClF3N2O. The lowest BCUT2D eigenvalue weighted by molar-refractivity contribution is -0.137. The maximum absolute atomic E-state index is 12.7. The average molecular weight is 303 g/mol. The number of alkyl halides is 3. The molecule has 0 bridgehead atoms. The molecular weight excluding hydrogens is 293 g/mol. The van der Waals surface area contributed by atoms with Crippen LogP contribution in [0.25, 0.3) is 0 Å². The quantitative estimate of drug-likeness (QED) is 0.847. The third-order valence-electron chi connectivity index (χ3n) is 2.49. The van der Waals surface area contributed by atoms with Gasteiger partial charge in [0, 0.05) is 0 Å². The van der Waals surface area contributed by atoms with Gasteiger partial charge in [-0.05, 0) is 24.3 Å². The standard InChI is InChI=1S/C13H10ClF3N2O/c1-20-10-5-3-2-4-9(10)18-12-7-8(13(15,16)17)6-11(14)19-12/h2-7H,1H3,(H,18,19). The Balaban J connectivity index is 2.36. The number of aromatic nitrogens is 1. The minimum atomic E-state index is -4.48. The average Bonchev–Trinajstić information content (AvgIpc) is 2.37. The number of hydrogen-bond acceptors (Lipinski definition) is 3. The van der Waals surface area contributed by atoms with Crippen molar-refractivity contribution in [1.82, 2.24) is 4.98 Å². The Bertz CT molecular complexity index is 617. The first-order valence-electron chi connectivity index (χ1n) is 5.55. The molecule has 2 aromatic rings. The highest BCUT2D eigenvalue weighted by atomic mass is 35.5. The van der Waals surface area contributed by atoms with Crippen LogP contribution in [0.3, 0.4) is 0 Å². The van der Waals surface area contributed by atoms with Crippen molar-refractivity contribution in [2.75, 3.05) is 12.4 Å². The largest absolute Gasteiger partial charge is 0.495 e. The lowest BCUT2D eigenvalue weighted by Gasteiger charge is -2.12. The van der Waals surface area contributed by atoms with E-state index in [1.807, 2.05) is 0 Å². The van der Waals surface area contributed by atoms with Crippen molar-refractivity contribution in [2.45, 2.75) is 6.18 Å². The first-order valence-corrected chi connectivity index (χ1v) is 5.93. The predicted molar refractivity (Wildman–Crippen MR) is 70.5 cm³/mol. The molecule has 0 atom stereocenters. The molecule has 0 unspecified atom stereocenters. The fourth-order valence-corrected chi connectivity index (χ4v) is 1.82. The van der Waals surface area contributed by atoms with E-state index < -0.39 is 11.7 Å². The van der Waals surface area contributed by atoms with Gasteiger partial charge in [-0.15, -0.1) is 0 Å². The SMILES string of the molecule is COc1ccccc1Nc1cc(C(F)(F)F)cc(Cl)n1. The van der Waals surface area contributed by atoms with E-state index in [4.69, 9.17) is 16.3 Å². The van der Waals surface area contributed by atoms with Crippen LogP contribution in [0.2, 0.25) is 5.15 Å². The molecule has 3 nitrogen and oxygen atoms in total. The van der Waals surface area contributed by atoms with Crippen LogP contribution in [0.4, 0.5) is 24.7 Å². The molecule has 20 heavy (non-hydrogen) atoms. The molecule has 106 valence electrons. The van der Waals surface area contributed by atoms with E-state index in [1.54, 1.807) is 24.3 Å². The van der Waals surface area contributed by atoms with Crippen LogP contribution < -0.4 is 10.1 Å². The van der Waals surface area contributed by atoms with Gasteiger partial charge in [0.05, 0.1) is 18.4 Å². The van der Waals surface area contributed by atoms with Crippen molar-refractivity contribution >= 4 is 23.1 Å². The zero-order valence-electron chi connectivity index (χ0n) is 10.3. The summed E-state index contributed by atoms with van der Waals surface area (Å²) in [4.78, 5) is 3.82. The molecule has 0 aliphatic rings. The summed E-state index contributed by atoms with van der Waals surface area (Å²) < 4.78 is 43.2. The zero-order chi connectivity index (χ0) is 14.8. The van der Waals surface area contributed by atoms with Gasteiger partial charge in [-0.25, -0.2) is 4.98 Å². The molecule has 0 spiro atoms. The van der Waals surface area contributed by atoms with Crippen molar-refractivity contribution in [3.05, 3.63) is 47.1 Å². The summed E-state index contributed by atoms with van der Waals surface area (Å²) in [5.74, 6) is 0.483. The number of nitrogens with zero attached hydrogens (tertiary/aromatic N) is 1. The zero-order valence-corrected chi connectivity index (χ0v) is 11.1. The molecule has 1 aromatic heterocycles. The van der Waals surface area contributed by atoms with Gasteiger partial charge in [-0.1, -0.05) is 23.7 Å². The number of pyridine rings is 1. The van der Waals surface area contributed by atoms with Gasteiger partial charge < -0.3 is 10.1 Å². The van der Waals surface area contributed by atoms with Gasteiger partial charge >= 0.3 is 6.18 Å². The lowest BCUT2D eigenvalue weighted by atomic mass is 10.2.